The van der Waals surface area contributed by atoms with Crippen LogP contribution in [0, 0.1) is 0 Å². The van der Waals surface area contributed by atoms with Crippen molar-refractivity contribution < 1.29 is 0 Å². The van der Waals surface area contributed by atoms with Crippen LogP contribution in [0.4, 0.5) is 0 Å². The normalized spacial score (nSPS) is 11.2. The number of hydrogen-bond donors (Lipinski definition) is 0. The highest BCUT2D eigenvalue weighted by atomic mass is 14.8. The minimum absolute atomic E-state index is 0.832. The molecule has 0 spiro atoms. The summed E-state index contributed by atoms with van der Waals surface area (Å²) in [5, 5.41) is 1.06. The van der Waals surface area contributed by atoms with Crippen LogP contribution in [-0.2, 0) is 0 Å². The third-order valence-electron chi connectivity index (χ3n) is 6.65. The van der Waals surface area contributed by atoms with Crippen LogP contribution in [0.2, 0.25) is 0 Å². The summed E-state index contributed by atoms with van der Waals surface area (Å²) in [5.74, 6) is 0. The van der Waals surface area contributed by atoms with E-state index in [2.05, 4.69) is 51.4 Å². The van der Waals surface area contributed by atoms with Crippen molar-refractivity contribution >= 4 is 21.9 Å². The van der Waals surface area contributed by atoms with E-state index < -0.39 is 0 Å². The number of para-hydroxylation sites is 1. The highest BCUT2D eigenvalue weighted by molar-refractivity contribution is 5.94. The molecular weight excluding hydrogens is 466 g/mol. The summed E-state index contributed by atoms with van der Waals surface area (Å²) in [6.45, 7) is 0. The van der Waals surface area contributed by atoms with Gasteiger partial charge in [-0.15, -0.1) is 0 Å². The number of pyridine rings is 3. The van der Waals surface area contributed by atoms with Crippen molar-refractivity contribution in [2.24, 2.45) is 0 Å². The number of nitrogens with zero attached hydrogens (tertiary/aromatic N) is 5. The Morgan fingerprint density at radius 1 is 0.395 bits per heavy atom. The summed E-state index contributed by atoms with van der Waals surface area (Å²) in [5.41, 5.74) is 10.5. The van der Waals surface area contributed by atoms with Crippen molar-refractivity contribution in [3.05, 3.63) is 128 Å². The van der Waals surface area contributed by atoms with Gasteiger partial charge in [0.25, 0.3) is 0 Å². The third kappa shape index (κ3) is 4.06. The minimum atomic E-state index is 0.832. The predicted molar refractivity (Wildman–Crippen MR) is 152 cm³/mol. The maximum atomic E-state index is 4.95. The topological polar surface area (TPSA) is 64.5 Å². The zero-order valence-electron chi connectivity index (χ0n) is 20.4. The third-order valence-corrected chi connectivity index (χ3v) is 6.65. The van der Waals surface area contributed by atoms with Gasteiger partial charge in [-0.2, -0.15) is 0 Å². The first-order valence-corrected chi connectivity index (χ1v) is 12.4. The zero-order chi connectivity index (χ0) is 25.3. The Balaban J connectivity index is 1.34. The van der Waals surface area contributed by atoms with Gasteiger partial charge in [-0.25, -0.2) is 4.98 Å². The van der Waals surface area contributed by atoms with Crippen molar-refractivity contribution in [2.75, 3.05) is 0 Å². The van der Waals surface area contributed by atoms with Crippen molar-refractivity contribution in [1.82, 2.24) is 24.9 Å². The molecule has 178 valence electrons. The molecule has 0 fully saturated rings. The Morgan fingerprint density at radius 2 is 1.11 bits per heavy atom. The van der Waals surface area contributed by atoms with E-state index in [1.54, 1.807) is 0 Å². The Hall–Kier alpha value is -5.29. The average Bonchev–Trinajstić information content (AvgIpc) is 3.01. The van der Waals surface area contributed by atoms with Crippen LogP contribution < -0.4 is 0 Å². The Bertz CT molecular complexity index is 1860. The van der Waals surface area contributed by atoms with Gasteiger partial charge in [0.05, 0.1) is 39.8 Å². The van der Waals surface area contributed by atoms with Crippen LogP contribution in [0.5, 0.6) is 0 Å². The van der Waals surface area contributed by atoms with Crippen molar-refractivity contribution in [1.29, 1.82) is 0 Å². The number of rotatable bonds is 4. The van der Waals surface area contributed by atoms with Gasteiger partial charge >= 0.3 is 0 Å². The van der Waals surface area contributed by atoms with Crippen LogP contribution in [0.1, 0.15) is 0 Å². The molecule has 0 atom stereocenters. The molecule has 7 rings (SSSR count). The second kappa shape index (κ2) is 9.30. The highest BCUT2D eigenvalue weighted by Crippen LogP contribution is 2.33. The minimum Gasteiger partial charge on any atom is -0.256 e. The molecule has 0 N–H and O–H groups in total. The van der Waals surface area contributed by atoms with Crippen LogP contribution in [0.3, 0.4) is 0 Å². The SMILES string of the molecule is c1ccc(-c2cc(-c3ccc4nc(-c5ccnc6ccccc56)cnc4c3)cc(-c3ccccn3)c2)nc1. The maximum Gasteiger partial charge on any atom is 0.0900 e. The Labute approximate surface area is 219 Å². The zero-order valence-corrected chi connectivity index (χ0v) is 20.4. The molecule has 4 heterocycles. The molecule has 38 heavy (non-hydrogen) atoms. The molecule has 0 amide bonds. The number of fused-ring (bicyclic) bond motifs is 2. The maximum absolute atomic E-state index is 4.95. The molecule has 7 aromatic rings. The highest BCUT2D eigenvalue weighted by Gasteiger charge is 2.11. The lowest BCUT2D eigenvalue weighted by Crippen LogP contribution is -1.92. The van der Waals surface area contributed by atoms with Crippen molar-refractivity contribution in [3.8, 4) is 44.9 Å². The second-order valence-electron chi connectivity index (χ2n) is 9.06. The molecule has 5 nitrogen and oxygen atoms in total. The fraction of sp³-hybridized carbons (Fsp3) is 0. The van der Waals surface area contributed by atoms with E-state index in [-0.39, 0.29) is 0 Å². The average molecular weight is 488 g/mol. The van der Waals surface area contributed by atoms with Crippen molar-refractivity contribution in [3.63, 3.8) is 0 Å². The molecule has 0 aliphatic rings. The van der Waals surface area contributed by atoms with Gasteiger partial charge in [-0.05, 0) is 77.9 Å². The number of aromatic nitrogens is 5. The van der Waals surface area contributed by atoms with E-state index in [0.29, 0.717) is 0 Å². The predicted octanol–water partition coefficient (Wildman–Crippen LogP) is 7.64. The molecule has 0 unspecified atom stereocenters. The van der Waals surface area contributed by atoms with Crippen LogP contribution >= 0.6 is 0 Å². The largest absolute Gasteiger partial charge is 0.256 e. The van der Waals surface area contributed by atoms with E-state index in [4.69, 9.17) is 9.97 Å². The summed E-state index contributed by atoms with van der Waals surface area (Å²) in [7, 11) is 0. The summed E-state index contributed by atoms with van der Waals surface area (Å²) >= 11 is 0. The van der Waals surface area contributed by atoms with Gasteiger partial charge in [0.15, 0.2) is 0 Å². The summed E-state index contributed by atoms with van der Waals surface area (Å²) < 4.78 is 0. The fourth-order valence-electron chi connectivity index (χ4n) is 4.80. The lowest BCUT2D eigenvalue weighted by molar-refractivity contribution is 1.29. The quantitative estimate of drug-likeness (QED) is 0.255. The Morgan fingerprint density at radius 3 is 1.84 bits per heavy atom. The molecule has 0 saturated heterocycles. The molecule has 3 aromatic carbocycles. The molecule has 0 saturated carbocycles. The first kappa shape index (κ1) is 21.9. The van der Waals surface area contributed by atoms with Gasteiger partial charge in [0.1, 0.15) is 0 Å². The lowest BCUT2D eigenvalue weighted by Gasteiger charge is -2.11. The first-order valence-electron chi connectivity index (χ1n) is 12.4. The van der Waals surface area contributed by atoms with E-state index in [9.17, 15) is 0 Å². The van der Waals surface area contributed by atoms with Crippen LogP contribution in [-0.4, -0.2) is 24.9 Å². The molecule has 0 radical (unpaired) electrons. The van der Waals surface area contributed by atoms with Gasteiger partial charge in [0, 0.05) is 40.7 Å². The van der Waals surface area contributed by atoms with E-state index >= 15 is 0 Å². The van der Waals surface area contributed by atoms with Gasteiger partial charge in [-0.1, -0.05) is 36.4 Å². The number of hydrogen-bond acceptors (Lipinski definition) is 5. The smallest absolute Gasteiger partial charge is 0.0900 e. The van der Waals surface area contributed by atoms with Crippen LogP contribution in [0.15, 0.2) is 128 Å². The van der Waals surface area contributed by atoms with E-state index in [1.807, 2.05) is 91.5 Å². The second-order valence-corrected chi connectivity index (χ2v) is 9.06. The van der Waals surface area contributed by atoms with Crippen molar-refractivity contribution in [2.45, 2.75) is 0 Å². The van der Waals surface area contributed by atoms with Gasteiger partial charge < -0.3 is 0 Å². The summed E-state index contributed by atoms with van der Waals surface area (Å²) in [6, 6.07) is 34.7. The Kier molecular flexibility index (Phi) is 5.37. The van der Waals surface area contributed by atoms with E-state index in [0.717, 1.165) is 66.8 Å². The summed E-state index contributed by atoms with van der Waals surface area (Å²) in [4.78, 5) is 23.4. The monoisotopic (exact) mass is 487 g/mol. The fourth-order valence-corrected chi connectivity index (χ4v) is 4.80. The molecule has 0 bridgehead atoms. The van der Waals surface area contributed by atoms with Gasteiger partial charge in [0.2, 0.25) is 0 Å². The number of benzene rings is 3. The van der Waals surface area contributed by atoms with Gasteiger partial charge in [-0.3, -0.25) is 19.9 Å². The van der Waals surface area contributed by atoms with E-state index in [1.165, 1.54) is 0 Å². The molecule has 0 aliphatic heterocycles. The summed E-state index contributed by atoms with van der Waals surface area (Å²) in [6.07, 6.45) is 7.30. The standard InChI is InChI=1S/C33H21N5/c1-2-10-30-26(7-1)27(13-16-36-30)33-21-37-32-20-22(11-12-31(32)38-33)23-17-24(28-8-3-5-14-34-28)19-25(18-23)29-9-4-6-15-35-29/h1-21H. The molecular formula is C33H21N5. The molecule has 4 aromatic heterocycles. The first-order chi connectivity index (χ1) is 18.8. The molecule has 5 heteroatoms. The molecule has 0 aliphatic carbocycles. The lowest BCUT2D eigenvalue weighted by atomic mass is 9.96. The van der Waals surface area contributed by atoms with Crippen LogP contribution in [0.25, 0.3) is 66.8 Å².